The monoisotopic (exact) mass is 308 g/mol. The van der Waals surface area contributed by atoms with E-state index in [9.17, 15) is 10.1 Å². The minimum absolute atomic E-state index is 0.431. The molecule has 0 unspecified atom stereocenters. The molecule has 20 heavy (non-hydrogen) atoms. The second-order valence-corrected chi connectivity index (χ2v) is 5.80. The number of nitro groups is 1. The van der Waals surface area contributed by atoms with Crippen LogP contribution in [0.25, 0.3) is 0 Å². The summed E-state index contributed by atoms with van der Waals surface area (Å²) in [6.07, 6.45) is 2.64. The molecule has 0 spiro atoms. The van der Waals surface area contributed by atoms with E-state index < -0.39 is 4.92 Å². The van der Waals surface area contributed by atoms with Crippen LogP contribution in [0.15, 0.2) is 42.5 Å². The van der Waals surface area contributed by atoms with Gasteiger partial charge in [0.15, 0.2) is 10.3 Å². The molecule has 0 bridgehead atoms. The van der Waals surface area contributed by atoms with Crippen LogP contribution in [-0.4, -0.2) is 9.91 Å². The summed E-state index contributed by atoms with van der Waals surface area (Å²) in [5.41, 5.74) is 1.74. The lowest BCUT2D eigenvalue weighted by Crippen LogP contribution is -2.20. The van der Waals surface area contributed by atoms with Crippen molar-refractivity contribution in [3.8, 4) is 0 Å². The van der Waals surface area contributed by atoms with E-state index in [1.54, 1.807) is 6.20 Å². The predicted octanol–water partition coefficient (Wildman–Crippen LogP) is 3.30. The lowest BCUT2D eigenvalue weighted by Gasteiger charge is -2.17. The van der Waals surface area contributed by atoms with Gasteiger partial charge in [-0.3, -0.25) is 10.1 Å². The van der Waals surface area contributed by atoms with Crippen molar-refractivity contribution in [3.63, 3.8) is 0 Å². The van der Waals surface area contributed by atoms with Gasteiger partial charge in [-0.1, -0.05) is 23.7 Å². The number of hydrogen-bond donors (Lipinski definition) is 1. The van der Waals surface area contributed by atoms with Crippen molar-refractivity contribution in [2.45, 2.75) is 6.54 Å². The van der Waals surface area contributed by atoms with Gasteiger partial charge in [0.25, 0.3) is 6.20 Å². The number of rotatable bonds is 3. The largest absolute Gasteiger partial charge is 0.335 e. The summed E-state index contributed by atoms with van der Waals surface area (Å²) in [6.45, 7) is 0.480. The van der Waals surface area contributed by atoms with Crippen molar-refractivity contribution in [1.29, 1.82) is 0 Å². The van der Waals surface area contributed by atoms with Crippen LogP contribution in [-0.2, 0) is 6.54 Å². The van der Waals surface area contributed by atoms with Crippen molar-refractivity contribution in [2.75, 3.05) is 10.2 Å². The minimum Gasteiger partial charge on any atom is -0.335 e. The zero-order valence-corrected chi connectivity index (χ0v) is 11.7. The molecule has 3 rings (SSSR count). The SMILES string of the molecule is O=[N+]([O-])C=C1Nc2ccccc2N1Cc1cnc(Cl)s1. The second-order valence-electron chi connectivity index (χ2n) is 4.11. The van der Waals surface area contributed by atoms with Crippen molar-refractivity contribution in [3.05, 3.63) is 61.9 Å². The smallest absolute Gasteiger partial charge is 0.275 e. The fraction of sp³-hybridized carbons (Fsp3) is 0.0833. The van der Waals surface area contributed by atoms with Crippen LogP contribution >= 0.6 is 22.9 Å². The maximum absolute atomic E-state index is 10.7. The fourth-order valence-corrected chi connectivity index (χ4v) is 3.00. The normalized spacial score (nSPS) is 15.2. The number of aromatic nitrogens is 1. The molecule has 1 aliphatic rings. The van der Waals surface area contributed by atoms with E-state index in [0.717, 1.165) is 22.5 Å². The summed E-state index contributed by atoms with van der Waals surface area (Å²) in [4.78, 5) is 17.0. The van der Waals surface area contributed by atoms with Crippen molar-refractivity contribution in [2.24, 2.45) is 0 Å². The van der Waals surface area contributed by atoms with Gasteiger partial charge in [-0.25, -0.2) is 4.98 Å². The summed E-state index contributed by atoms with van der Waals surface area (Å²) in [6, 6.07) is 7.56. The van der Waals surface area contributed by atoms with E-state index >= 15 is 0 Å². The first-order valence-corrected chi connectivity index (χ1v) is 6.92. The molecule has 1 aromatic heterocycles. The number of fused-ring (bicyclic) bond motifs is 1. The van der Waals surface area contributed by atoms with E-state index in [1.807, 2.05) is 29.2 Å². The Hall–Kier alpha value is -2.12. The molecule has 102 valence electrons. The quantitative estimate of drug-likeness (QED) is 0.696. The number of anilines is 2. The highest BCUT2D eigenvalue weighted by Gasteiger charge is 2.26. The standard InChI is InChI=1S/C12H9ClN4O2S/c13-12-14-5-8(20-12)6-16-10-4-2-1-3-9(10)15-11(16)7-17(18)19/h1-5,7,15H,6H2. The highest BCUT2D eigenvalue weighted by atomic mass is 35.5. The molecule has 2 heterocycles. The maximum atomic E-state index is 10.7. The van der Waals surface area contributed by atoms with Gasteiger partial charge in [0, 0.05) is 11.1 Å². The first kappa shape index (κ1) is 12.9. The van der Waals surface area contributed by atoms with Gasteiger partial charge in [0.2, 0.25) is 0 Å². The fourth-order valence-electron chi connectivity index (χ4n) is 2.03. The number of para-hydroxylation sites is 2. The molecule has 6 nitrogen and oxygen atoms in total. The van der Waals surface area contributed by atoms with Crippen LogP contribution in [0.3, 0.4) is 0 Å². The number of nitrogens with one attached hydrogen (secondary N) is 1. The third kappa shape index (κ3) is 2.45. The molecular formula is C12H9ClN4O2S. The highest BCUT2D eigenvalue weighted by molar-refractivity contribution is 7.15. The highest BCUT2D eigenvalue weighted by Crippen LogP contribution is 2.37. The van der Waals surface area contributed by atoms with Gasteiger partial charge in [0.1, 0.15) is 0 Å². The molecule has 8 heteroatoms. The Morgan fingerprint density at radius 2 is 2.30 bits per heavy atom. The Bertz CT molecular complexity index is 700. The lowest BCUT2D eigenvalue weighted by atomic mass is 10.2. The second kappa shape index (κ2) is 5.10. The van der Waals surface area contributed by atoms with Gasteiger partial charge in [0.05, 0.1) is 22.8 Å². The van der Waals surface area contributed by atoms with Crippen LogP contribution in [0, 0.1) is 10.1 Å². The number of nitrogens with zero attached hydrogens (tertiary/aromatic N) is 3. The molecular weight excluding hydrogens is 300 g/mol. The minimum atomic E-state index is -0.471. The molecule has 0 fully saturated rings. The molecule has 1 N–H and O–H groups in total. The third-order valence-corrected chi connectivity index (χ3v) is 3.91. The van der Waals surface area contributed by atoms with Crippen molar-refractivity contribution < 1.29 is 4.92 Å². The topological polar surface area (TPSA) is 71.3 Å². The van der Waals surface area contributed by atoms with E-state index in [1.165, 1.54) is 11.3 Å². The van der Waals surface area contributed by atoms with Crippen LogP contribution < -0.4 is 10.2 Å². The molecule has 0 radical (unpaired) electrons. The molecule has 0 saturated heterocycles. The first-order chi connectivity index (χ1) is 9.63. The summed E-state index contributed by atoms with van der Waals surface area (Å²) in [5.74, 6) is 0.431. The summed E-state index contributed by atoms with van der Waals surface area (Å²) >= 11 is 7.18. The van der Waals surface area contributed by atoms with Gasteiger partial charge >= 0.3 is 0 Å². The Labute approximate surface area is 123 Å². The van der Waals surface area contributed by atoms with Gasteiger partial charge in [-0.2, -0.15) is 0 Å². The summed E-state index contributed by atoms with van der Waals surface area (Å²) in [7, 11) is 0. The first-order valence-electron chi connectivity index (χ1n) is 5.72. The zero-order valence-electron chi connectivity index (χ0n) is 10.1. The van der Waals surface area contributed by atoms with Gasteiger partial charge in [-0.15, -0.1) is 11.3 Å². The summed E-state index contributed by atoms with van der Waals surface area (Å²) < 4.78 is 0.459. The summed E-state index contributed by atoms with van der Waals surface area (Å²) in [5, 5.41) is 13.8. The zero-order chi connectivity index (χ0) is 14.1. The average molecular weight is 309 g/mol. The van der Waals surface area contributed by atoms with Crippen LogP contribution in [0.2, 0.25) is 4.47 Å². The van der Waals surface area contributed by atoms with Crippen LogP contribution in [0.4, 0.5) is 11.4 Å². The predicted molar refractivity (Wildman–Crippen MR) is 78.4 cm³/mol. The number of hydrogen-bond acceptors (Lipinski definition) is 6. The molecule has 0 atom stereocenters. The van der Waals surface area contributed by atoms with E-state index in [-0.39, 0.29) is 0 Å². The van der Waals surface area contributed by atoms with E-state index in [2.05, 4.69) is 10.3 Å². The number of benzene rings is 1. The van der Waals surface area contributed by atoms with Crippen LogP contribution in [0.5, 0.6) is 0 Å². The molecule has 1 aliphatic heterocycles. The third-order valence-electron chi connectivity index (χ3n) is 2.82. The molecule has 1 aromatic carbocycles. The Morgan fingerprint density at radius 3 is 3.00 bits per heavy atom. The van der Waals surface area contributed by atoms with E-state index in [0.29, 0.717) is 16.8 Å². The van der Waals surface area contributed by atoms with Gasteiger partial charge in [-0.05, 0) is 12.1 Å². The average Bonchev–Trinajstić information content (AvgIpc) is 2.95. The van der Waals surface area contributed by atoms with Crippen molar-refractivity contribution >= 4 is 34.3 Å². The number of halogens is 1. The lowest BCUT2D eigenvalue weighted by molar-refractivity contribution is -0.403. The maximum Gasteiger partial charge on any atom is 0.275 e. The number of thiazole rings is 1. The molecule has 0 saturated carbocycles. The Kier molecular flexibility index (Phi) is 3.29. The Morgan fingerprint density at radius 1 is 1.50 bits per heavy atom. The van der Waals surface area contributed by atoms with Crippen molar-refractivity contribution in [1.82, 2.24) is 4.98 Å². The Balaban J connectivity index is 1.97. The van der Waals surface area contributed by atoms with Crippen LogP contribution in [0.1, 0.15) is 4.88 Å². The van der Waals surface area contributed by atoms with Gasteiger partial charge < -0.3 is 10.2 Å². The van der Waals surface area contributed by atoms with E-state index in [4.69, 9.17) is 11.6 Å². The molecule has 0 aliphatic carbocycles. The molecule has 2 aromatic rings. The molecule has 0 amide bonds.